The van der Waals surface area contributed by atoms with E-state index < -0.39 is 5.54 Å². The van der Waals surface area contributed by atoms with E-state index >= 15 is 0 Å². The number of Topliss-reactive ketones (excluding diaryl/α,β-unsaturated/α-hetero) is 1. The van der Waals surface area contributed by atoms with Crippen LogP contribution in [0.3, 0.4) is 0 Å². The third-order valence-corrected chi connectivity index (χ3v) is 2.57. The Kier molecular flexibility index (Phi) is 5.14. The predicted octanol–water partition coefficient (Wildman–Crippen LogP) is 2.26. The average molecular weight is 171 g/mol. The lowest BCUT2D eigenvalue weighted by Crippen LogP contribution is -2.46. The summed E-state index contributed by atoms with van der Waals surface area (Å²) in [4.78, 5) is 11.6. The summed E-state index contributed by atoms with van der Waals surface area (Å²) in [6.07, 6.45) is 4.19. The Morgan fingerprint density at radius 2 is 1.75 bits per heavy atom. The van der Waals surface area contributed by atoms with Crippen molar-refractivity contribution in [3.63, 3.8) is 0 Å². The Hall–Kier alpha value is -0.370. The summed E-state index contributed by atoms with van der Waals surface area (Å²) in [5.74, 6) is 0.231. The van der Waals surface area contributed by atoms with E-state index in [9.17, 15) is 4.79 Å². The van der Waals surface area contributed by atoms with Gasteiger partial charge in [0.2, 0.25) is 0 Å². The molecule has 0 heterocycles. The van der Waals surface area contributed by atoms with Gasteiger partial charge in [-0.1, -0.05) is 27.2 Å². The van der Waals surface area contributed by atoms with Crippen molar-refractivity contribution in [1.82, 2.24) is 0 Å². The summed E-state index contributed by atoms with van der Waals surface area (Å²) in [5.41, 5.74) is 5.38. The zero-order chi connectivity index (χ0) is 9.61. The van der Waals surface area contributed by atoms with Crippen molar-refractivity contribution < 1.29 is 4.79 Å². The number of carbonyl (C=O) groups excluding carboxylic acids is 1. The van der Waals surface area contributed by atoms with E-state index in [0.717, 1.165) is 25.7 Å². The van der Waals surface area contributed by atoms with Crippen molar-refractivity contribution in [3.8, 4) is 0 Å². The zero-order valence-corrected chi connectivity index (χ0v) is 8.52. The monoisotopic (exact) mass is 171 g/mol. The Balaban J connectivity index is 4.03. The van der Waals surface area contributed by atoms with E-state index in [4.69, 9.17) is 5.73 Å². The second-order valence-corrected chi connectivity index (χ2v) is 3.39. The quantitative estimate of drug-likeness (QED) is 0.666. The zero-order valence-electron chi connectivity index (χ0n) is 8.52. The highest BCUT2D eigenvalue weighted by Crippen LogP contribution is 2.15. The molecule has 2 nitrogen and oxygen atoms in total. The van der Waals surface area contributed by atoms with Gasteiger partial charge >= 0.3 is 0 Å². The second-order valence-electron chi connectivity index (χ2n) is 3.39. The van der Waals surface area contributed by atoms with Crippen LogP contribution in [0.15, 0.2) is 0 Å². The molecule has 0 aliphatic rings. The van der Waals surface area contributed by atoms with Gasteiger partial charge in [-0.15, -0.1) is 0 Å². The summed E-state index contributed by atoms with van der Waals surface area (Å²) in [6, 6.07) is 0. The molecule has 0 unspecified atom stereocenters. The van der Waals surface area contributed by atoms with Crippen LogP contribution in [0.2, 0.25) is 0 Å². The van der Waals surface area contributed by atoms with Crippen molar-refractivity contribution in [2.45, 2.75) is 58.4 Å². The summed E-state index contributed by atoms with van der Waals surface area (Å²) < 4.78 is 0. The largest absolute Gasteiger partial charge is 0.319 e. The number of unbranched alkanes of at least 4 members (excludes halogenated alkanes) is 1. The fourth-order valence-electron chi connectivity index (χ4n) is 1.23. The maximum Gasteiger partial charge on any atom is 0.152 e. The van der Waals surface area contributed by atoms with Crippen LogP contribution in [0, 0.1) is 0 Å². The fourth-order valence-corrected chi connectivity index (χ4v) is 1.23. The van der Waals surface area contributed by atoms with Gasteiger partial charge in [0, 0.05) is 6.42 Å². The molecule has 72 valence electrons. The number of nitrogens with two attached hydrogens (primary N) is 1. The molecule has 0 bridgehead atoms. The molecular formula is C10H21NO. The fraction of sp³-hybridized carbons (Fsp3) is 0.900. The predicted molar refractivity (Wildman–Crippen MR) is 52.0 cm³/mol. The minimum absolute atomic E-state index is 0.231. The normalized spacial score (nSPS) is 11.7. The van der Waals surface area contributed by atoms with Crippen LogP contribution in [-0.2, 0) is 4.79 Å². The first-order valence-electron chi connectivity index (χ1n) is 4.92. The Bertz CT molecular complexity index is 139. The highest BCUT2D eigenvalue weighted by Gasteiger charge is 2.28. The molecule has 0 radical (unpaired) electrons. The van der Waals surface area contributed by atoms with Crippen molar-refractivity contribution in [2.75, 3.05) is 0 Å². The molecular weight excluding hydrogens is 150 g/mol. The van der Waals surface area contributed by atoms with E-state index in [1.54, 1.807) is 0 Å². The van der Waals surface area contributed by atoms with Crippen LogP contribution >= 0.6 is 0 Å². The highest BCUT2D eigenvalue weighted by molar-refractivity contribution is 5.87. The molecule has 12 heavy (non-hydrogen) atoms. The van der Waals surface area contributed by atoms with Gasteiger partial charge in [0.1, 0.15) is 0 Å². The van der Waals surface area contributed by atoms with Gasteiger partial charge in [0.15, 0.2) is 5.78 Å². The lowest BCUT2D eigenvalue weighted by Gasteiger charge is -2.24. The molecule has 0 aromatic rings. The van der Waals surface area contributed by atoms with Crippen LogP contribution in [0.1, 0.15) is 52.9 Å². The average Bonchev–Trinajstić information content (AvgIpc) is 2.12. The van der Waals surface area contributed by atoms with Gasteiger partial charge in [0.25, 0.3) is 0 Å². The summed E-state index contributed by atoms with van der Waals surface area (Å²) >= 11 is 0. The van der Waals surface area contributed by atoms with Gasteiger partial charge in [0.05, 0.1) is 5.54 Å². The molecule has 2 N–H and O–H groups in total. The van der Waals surface area contributed by atoms with Crippen molar-refractivity contribution in [1.29, 1.82) is 0 Å². The van der Waals surface area contributed by atoms with Crippen molar-refractivity contribution in [3.05, 3.63) is 0 Å². The SMILES string of the molecule is CCCCC(=O)C(N)(CC)CC. The molecule has 0 atom stereocenters. The van der Waals surface area contributed by atoms with Crippen LogP contribution in [0.5, 0.6) is 0 Å². The molecule has 0 aromatic carbocycles. The molecule has 0 aliphatic heterocycles. The standard InChI is InChI=1S/C10H21NO/c1-4-7-8-9(12)10(11,5-2)6-3/h4-8,11H2,1-3H3. The van der Waals surface area contributed by atoms with E-state index in [0.29, 0.717) is 6.42 Å². The van der Waals surface area contributed by atoms with Crippen LogP contribution < -0.4 is 5.73 Å². The third-order valence-electron chi connectivity index (χ3n) is 2.57. The van der Waals surface area contributed by atoms with Crippen molar-refractivity contribution >= 4 is 5.78 Å². The number of hydrogen-bond acceptors (Lipinski definition) is 2. The minimum atomic E-state index is -0.546. The maximum absolute atomic E-state index is 11.6. The van der Waals surface area contributed by atoms with Crippen LogP contribution in [0.4, 0.5) is 0 Å². The van der Waals surface area contributed by atoms with E-state index in [1.807, 2.05) is 13.8 Å². The Morgan fingerprint density at radius 1 is 1.25 bits per heavy atom. The molecule has 0 spiro atoms. The van der Waals surface area contributed by atoms with Gasteiger partial charge in [-0.3, -0.25) is 4.79 Å². The molecule has 0 saturated carbocycles. The third kappa shape index (κ3) is 2.94. The molecule has 0 aliphatic carbocycles. The van der Waals surface area contributed by atoms with E-state index in [2.05, 4.69) is 6.92 Å². The van der Waals surface area contributed by atoms with Gasteiger partial charge in [-0.2, -0.15) is 0 Å². The van der Waals surface area contributed by atoms with Crippen LogP contribution in [0.25, 0.3) is 0 Å². The molecule has 0 saturated heterocycles. The summed E-state index contributed by atoms with van der Waals surface area (Å²) in [6.45, 7) is 6.05. The highest BCUT2D eigenvalue weighted by atomic mass is 16.1. The smallest absolute Gasteiger partial charge is 0.152 e. The summed E-state index contributed by atoms with van der Waals surface area (Å²) in [7, 11) is 0. The molecule has 0 rings (SSSR count). The number of hydrogen-bond donors (Lipinski definition) is 1. The number of ketones is 1. The minimum Gasteiger partial charge on any atom is -0.319 e. The Labute approximate surface area is 75.5 Å². The first-order valence-corrected chi connectivity index (χ1v) is 4.92. The maximum atomic E-state index is 11.6. The first-order chi connectivity index (χ1) is 5.60. The van der Waals surface area contributed by atoms with Crippen LogP contribution in [-0.4, -0.2) is 11.3 Å². The van der Waals surface area contributed by atoms with Crippen molar-refractivity contribution in [2.24, 2.45) is 5.73 Å². The number of carbonyl (C=O) groups is 1. The molecule has 0 aromatic heterocycles. The Morgan fingerprint density at radius 3 is 2.08 bits per heavy atom. The lowest BCUT2D eigenvalue weighted by atomic mass is 9.87. The van der Waals surface area contributed by atoms with Gasteiger partial charge < -0.3 is 5.73 Å². The van der Waals surface area contributed by atoms with Gasteiger partial charge in [-0.05, 0) is 19.3 Å². The van der Waals surface area contributed by atoms with E-state index in [1.165, 1.54) is 0 Å². The number of rotatable bonds is 6. The molecule has 0 fully saturated rings. The molecule has 2 heteroatoms. The topological polar surface area (TPSA) is 43.1 Å². The van der Waals surface area contributed by atoms with E-state index in [-0.39, 0.29) is 5.78 Å². The summed E-state index contributed by atoms with van der Waals surface area (Å²) in [5, 5.41) is 0. The van der Waals surface area contributed by atoms with Gasteiger partial charge in [-0.25, -0.2) is 0 Å². The lowest BCUT2D eigenvalue weighted by molar-refractivity contribution is -0.124. The second kappa shape index (κ2) is 5.31. The molecule has 0 amide bonds. The first kappa shape index (κ1) is 11.6.